The number of carbonyl (C=O) groups is 3. The van der Waals surface area contributed by atoms with Gasteiger partial charge in [0.25, 0.3) is 0 Å². The maximum Gasteiger partial charge on any atom is 0.334 e. The molecular weight excluding hydrogens is 485 g/mol. The van der Waals surface area contributed by atoms with Crippen molar-refractivity contribution < 1.29 is 18.8 Å². The van der Waals surface area contributed by atoms with Gasteiger partial charge < -0.3 is 15.1 Å². The molecule has 204 valence electrons. The SMILES string of the molecule is CCCCCCCN1CC2N(C(=O)CN(C)N2C(=O)NCc2ccc(F)cc2)[C@@H](Cc2ccccc2)C1=O. The van der Waals surface area contributed by atoms with E-state index in [1.54, 1.807) is 34.1 Å². The van der Waals surface area contributed by atoms with Gasteiger partial charge >= 0.3 is 6.03 Å². The van der Waals surface area contributed by atoms with Crippen molar-refractivity contribution in [2.24, 2.45) is 0 Å². The Morgan fingerprint density at radius 3 is 2.39 bits per heavy atom. The number of carbonyl (C=O) groups excluding carboxylic acids is 3. The standard InChI is InChI=1S/C29H38FN5O3/c1-3-4-5-6-10-17-33-20-26-34(25(28(33)37)18-22-11-8-7-9-12-22)27(36)21-32(2)35(26)29(38)31-19-23-13-15-24(30)16-14-23/h7-9,11-16,25-26H,3-6,10,17-21H2,1-2H3,(H,31,38)/t25-,26?/m0/s1. The molecule has 0 aliphatic carbocycles. The smallest absolute Gasteiger partial charge is 0.334 e. The van der Waals surface area contributed by atoms with Crippen LogP contribution in [0.3, 0.4) is 0 Å². The number of piperazine rings is 1. The number of hydrogen-bond donors (Lipinski definition) is 1. The summed E-state index contributed by atoms with van der Waals surface area (Å²) in [7, 11) is 1.71. The highest BCUT2D eigenvalue weighted by molar-refractivity contribution is 5.91. The fourth-order valence-corrected chi connectivity index (χ4v) is 5.31. The number of urea groups is 1. The van der Waals surface area contributed by atoms with Gasteiger partial charge in [0.1, 0.15) is 18.0 Å². The van der Waals surface area contributed by atoms with Crippen molar-refractivity contribution in [3.63, 3.8) is 0 Å². The first-order valence-electron chi connectivity index (χ1n) is 13.6. The summed E-state index contributed by atoms with van der Waals surface area (Å²) < 4.78 is 13.3. The lowest BCUT2D eigenvalue weighted by atomic mass is 9.98. The van der Waals surface area contributed by atoms with Gasteiger partial charge in [0.15, 0.2) is 0 Å². The maximum absolute atomic E-state index is 13.7. The molecule has 2 aromatic rings. The van der Waals surface area contributed by atoms with Crippen LogP contribution in [0.4, 0.5) is 9.18 Å². The normalized spacial score (nSPS) is 20.0. The highest BCUT2D eigenvalue weighted by Crippen LogP contribution is 2.28. The Morgan fingerprint density at radius 1 is 0.974 bits per heavy atom. The van der Waals surface area contributed by atoms with Crippen molar-refractivity contribution >= 4 is 17.8 Å². The van der Waals surface area contributed by atoms with Crippen molar-refractivity contribution in [3.8, 4) is 0 Å². The average molecular weight is 524 g/mol. The van der Waals surface area contributed by atoms with E-state index in [-0.39, 0.29) is 43.3 Å². The van der Waals surface area contributed by atoms with E-state index < -0.39 is 12.2 Å². The van der Waals surface area contributed by atoms with E-state index >= 15 is 0 Å². The lowest BCUT2D eigenvalue weighted by molar-refractivity contribution is -0.186. The maximum atomic E-state index is 13.7. The predicted octanol–water partition coefficient (Wildman–Crippen LogP) is 3.78. The van der Waals surface area contributed by atoms with Crippen molar-refractivity contribution in [1.29, 1.82) is 0 Å². The van der Waals surface area contributed by atoms with Gasteiger partial charge in [-0.05, 0) is 29.7 Å². The molecule has 1 N–H and O–H groups in total. The van der Waals surface area contributed by atoms with Gasteiger partial charge in [0.2, 0.25) is 11.8 Å². The molecule has 4 rings (SSSR count). The quantitative estimate of drug-likeness (QED) is 0.481. The summed E-state index contributed by atoms with van der Waals surface area (Å²) in [5.41, 5.74) is 1.73. The summed E-state index contributed by atoms with van der Waals surface area (Å²) in [6, 6.07) is 14.6. The second-order valence-electron chi connectivity index (χ2n) is 10.1. The van der Waals surface area contributed by atoms with Gasteiger partial charge in [0, 0.05) is 26.6 Å². The highest BCUT2D eigenvalue weighted by atomic mass is 19.1. The largest absolute Gasteiger partial charge is 0.337 e. The summed E-state index contributed by atoms with van der Waals surface area (Å²) in [5, 5.41) is 6.08. The number of unbranched alkanes of at least 4 members (excludes halogenated alkanes) is 4. The number of fused-ring (bicyclic) bond motifs is 1. The molecular formula is C29H38FN5O3. The number of amides is 4. The number of halogens is 1. The Balaban J connectivity index is 1.55. The number of nitrogens with zero attached hydrogens (tertiary/aromatic N) is 4. The molecule has 2 aliphatic heterocycles. The van der Waals surface area contributed by atoms with Crippen molar-refractivity contribution in [2.75, 3.05) is 26.7 Å². The van der Waals surface area contributed by atoms with Crippen LogP contribution in [-0.2, 0) is 22.6 Å². The highest BCUT2D eigenvalue weighted by Gasteiger charge is 2.50. The molecule has 2 saturated heterocycles. The summed E-state index contributed by atoms with van der Waals surface area (Å²) in [4.78, 5) is 43.9. The van der Waals surface area contributed by atoms with Crippen LogP contribution in [0.25, 0.3) is 0 Å². The number of likely N-dealkylation sites (N-methyl/N-ethyl adjacent to an activating group) is 1. The van der Waals surface area contributed by atoms with E-state index in [1.807, 2.05) is 35.2 Å². The number of hydrazine groups is 1. The van der Waals surface area contributed by atoms with Crippen LogP contribution in [0.2, 0.25) is 0 Å². The van der Waals surface area contributed by atoms with Crippen molar-refractivity contribution in [1.82, 2.24) is 25.1 Å². The van der Waals surface area contributed by atoms with E-state index in [0.717, 1.165) is 36.8 Å². The van der Waals surface area contributed by atoms with Crippen LogP contribution >= 0.6 is 0 Å². The molecule has 2 heterocycles. The third kappa shape index (κ3) is 6.51. The topological polar surface area (TPSA) is 76.2 Å². The summed E-state index contributed by atoms with van der Waals surface area (Å²) >= 11 is 0. The minimum atomic E-state index is -0.680. The first-order chi connectivity index (χ1) is 18.4. The molecule has 2 fully saturated rings. The Hall–Kier alpha value is -3.46. The van der Waals surface area contributed by atoms with Gasteiger partial charge in [-0.15, -0.1) is 0 Å². The Labute approximate surface area is 224 Å². The van der Waals surface area contributed by atoms with Gasteiger partial charge in [0.05, 0.1) is 13.1 Å². The third-order valence-corrected chi connectivity index (χ3v) is 7.31. The Bertz CT molecular complexity index is 1100. The molecule has 0 aromatic heterocycles. The molecule has 38 heavy (non-hydrogen) atoms. The molecule has 1 unspecified atom stereocenters. The lowest BCUT2D eigenvalue weighted by Crippen LogP contribution is -2.76. The van der Waals surface area contributed by atoms with E-state index in [1.165, 1.54) is 18.6 Å². The molecule has 2 aliphatic rings. The summed E-state index contributed by atoms with van der Waals surface area (Å²) in [6.45, 7) is 3.25. The molecule has 0 bridgehead atoms. The van der Waals surface area contributed by atoms with Crippen LogP contribution in [-0.4, -0.2) is 76.6 Å². The molecule has 4 amide bonds. The number of rotatable bonds is 10. The van der Waals surface area contributed by atoms with E-state index in [4.69, 9.17) is 0 Å². The fraction of sp³-hybridized carbons (Fsp3) is 0.483. The van der Waals surface area contributed by atoms with Crippen LogP contribution in [0, 0.1) is 5.82 Å². The molecule has 0 radical (unpaired) electrons. The lowest BCUT2D eigenvalue weighted by Gasteiger charge is -2.54. The second kappa shape index (κ2) is 12.9. The third-order valence-electron chi connectivity index (χ3n) is 7.31. The van der Waals surface area contributed by atoms with Crippen molar-refractivity contribution in [2.45, 2.75) is 64.2 Å². The summed E-state index contributed by atoms with van der Waals surface area (Å²) in [6.07, 6.45) is 5.14. The number of benzene rings is 2. The second-order valence-corrected chi connectivity index (χ2v) is 10.1. The average Bonchev–Trinajstić information content (AvgIpc) is 2.90. The predicted molar refractivity (Wildman–Crippen MR) is 143 cm³/mol. The van der Waals surface area contributed by atoms with Crippen LogP contribution < -0.4 is 5.32 Å². The molecule has 0 spiro atoms. The first-order valence-corrected chi connectivity index (χ1v) is 13.6. The molecule has 0 saturated carbocycles. The minimum absolute atomic E-state index is 0.00391. The number of nitrogens with one attached hydrogen (secondary N) is 1. The van der Waals surface area contributed by atoms with Gasteiger partial charge in [-0.3, -0.25) is 9.59 Å². The van der Waals surface area contributed by atoms with E-state index in [2.05, 4.69) is 12.2 Å². The van der Waals surface area contributed by atoms with E-state index in [0.29, 0.717) is 13.0 Å². The Morgan fingerprint density at radius 2 is 1.68 bits per heavy atom. The van der Waals surface area contributed by atoms with Gasteiger partial charge in [-0.1, -0.05) is 75.1 Å². The van der Waals surface area contributed by atoms with Gasteiger partial charge in [-0.25, -0.2) is 19.2 Å². The Kier molecular flexibility index (Phi) is 9.33. The molecule has 2 aromatic carbocycles. The number of hydrogen-bond acceptors (Lipinski definition) is 4. The minimum Gasteiger partial charge on any atom is -0.337 e. The van der Waals surface area contributed by atoms with Crippen LogP contribution in [0.15, 0.2) is 54.6 Å². The van der Waals surface area contributed by atoms with Crippen LogP contribution in [0.1, 0.15) is 50.2 Å². The zero-order valence-electron chi connectivity index (χ0n) is 22.3. The fourth-order valence-electron chi connectivity index (χ4n) is 5.31. The van der Waals surface area contributed by atoms with E-state index in [9.17, 15) is 18.8 Å². The summed E-state index contributed by atoms with van der Waals surface area (Å²) in [5.74, 6) is -0.571. The van der Waals surface area contributed by atoms with Crippen molar-refractivity contribution in [3.05, 3.63) is 71.5 Å². The zero-order chi connectivity index (χ0) is 27.1. The molecule has 8 nitrogen and oxygen atoms in total. The first kappa shape index (κ1) is 27.6. The molecule has 2 atom stereocenters. The zero-order valence-corrected chi connectivity index (χ0v) is 22.3. The van der Waals surface area contributed by atoms with Gasteiger partial charge in [-0.2, -0.15) is 0 Å². The molecule has 9 heteroatoms. The monoisotopic (exact) mass is 523 g/mol. The van der Waals surface area contributed by atoms with Crippen LogP contribution in [0.5, 0.6) is 0 Å².